The topological polar surface area (TPSA) is 67.6 Å². The minimum Gasteiger partial charge on any atom is -0.480 e. The fourth-order valence-electron chi connectivity index (χ4n) is 4.91. The van der Waals surface area contributed by atoms with Gasteiger partial charge in [0.05, 0.1) is 16.3 Å². The van der Waals surface area contributed by atoms with Crippen LogP contribution in [0.25, 0.3) is 0 Å². The number of nitrogens with zero attached hydrogens (tertiary/aromatic N) is 1. The Morgan fingerprint density at radius 2 is 1.91 bits per heavy atom. The van der Waals surface area contributed by atoms with Crippen LogP contribution in [0, 0.1) is 23.7 Å². The van der Waals surface area contributed by atoms with Gasteiger partial charge in [0.1, 0.15) is 12.4 Å². The highest BCUT2D eigenvalue weighted by atomic mass is 35.5. The molecule has 32 heavy (non-hydrogen) atoms. The molecule has 1 heterocycles. The summed E-state index contributed by atoms with van der Waals surface area (Å²) >= 11 is 6.23. The molecule has 2 bridgehead atoms. The van der Waals surface area contributed by atoms with Crippen molar-refractivity contribution in [1.82, 2.24) is 10.2 Å². The first kappa shape index (κ1) is 22.5. The molecule has 1 saturated carbocycles. The normalized spacial score (nSPS) is 22.1. The number of hydrogen-bond donors (Lipinski definition) is 2. The lowest BCUT2D eigenvalue weighted by molar-refractivity contribution is 0.0822. The maximum Gasteiger partial charge on any atom is 0.255 e. The summed E-state index contributed by atoms with van der Waals surface area (Å²) in [6, 6.07) is 13.9. The molecule has 3 N–H and O–H groups in total. The molecule has 1 aliphatic heterocycles. The molecule has 1 saturated heterocycles. The van der Waals surface area contributed by atoms with E-state index in [1.165, 1.54) is 5.56 Å². The van der Waals surface area contributed by atoms with Crippen molar-refractivity contribution in [3.05, 3.63) is 58.6 Å². The quantitative estimate of drug-likeness (QED) is 0.506. The molecule has 2 unspecified atom stereocenters. The summed E-state index contributed by atoms with van der Waals surface area (Å²) in [5.74, 6) is 7.05. The predicted octanol–water partition coefficient (Wildman–Crippen LogP) is 4.35. The number of ether oxygens (including phenoxy) is 1. The Balaban J connectivity index is 1.43. The Morgan fingerprint density at radius 1 is 1.19 bits per heavy atom. The molecule has 0 radical (unpaired) electrons. The van der Waals surface area contributed by atoms with Gasteiger partial charge in [0.25, 0.3) is 5.91 Å². The van der Waals surface area contributed by atoms with Crippen LogP contribution in [0.1, 0.15) is 42.1 Å². The Bertz CT molecular complexity index is 1000. The second-order valence-corrected chi connectivity index (χ2v) is 9.05. The van der Waals surface area contributed by atoms with Gasteiger partial charge in [-0.2, -0.15) is 0 Å². The zero-order valence-corrected chi connectivity index (χ0v) is 19.2. The first-order chi connectivity index (χ1) is 15.5. The van der Waals surface area contributed by atoms with E-state index < -0.39 is 0 Å². The maximum atomic E-state index is 13.2. The summed E-state index contributed by atoms with van der Waals surface area (Å²) in [6.07, 6.45) is 3.03. The third-order valence-electron chi connectivity index (χ3n) is 6.40. The third-order valence-corrected chi connectivity index (χ3v) is 6.73. The summed E-state index contributed by atoms with van der Waals surface area (Å²) in [6.45, 7) is 5.13. The van der Waals surface area contributed by atoms with Crippen LogP contribution in [0.4, 0.5) is 5.69 Å². The highest BCUT2D eigenvalue weighted by Gasteiger charge is 2.42. The van der Waals surface area contributed by atoms with Gasteiger partial charge in [-0.15, -0.1) is 5.92 Å². The number of benzene rings is 2. The van der Waals surface area contributed by atoms with Gasteiger partial charge in [-0.05, 0) is 36.3 Å². The van der Waals surface area contributed by atoms with Crippen molar-refractivity contribution in [2.45, 2.75) is 38.8 Å². The van der Waals surface area contributed by atoms with Crippen LogP contribution in [-0.2, 0) is 6.54 Å². The van der Waals surface area contributed by atoms with E-state index in [0.717, 1.165) is 38.9 Å². The predicted molar refractivity (Wildman–Crippen MR) is 129 cm³/mol. The van der Waals surface area contributed by atoms with E-state index in [-0.39, 0.29) is 18.6 Å². The number of nitrogens with one attached hydrogen (secondary N) is 1. The van der Waals surface area contributed by atoms with Gasteiger partial charge in [0.2, 0.25) is 0 Å². The Morgan fingerprint density at radius 3 is 2.59 bits per heavy atom. The Hall–Kier alpha value is -2.68. The summed E-state index contributed by atoms with van der Waals surface area (Å²) in [4.78, 5) is 15.8. The largest absolute Gasteiger partial charge is 0.480 e. The average Bonchev–Trinajstić information content (AvgIpc) is 3.01. The summed E-state index contributed by atoms with van der Waals surface area (Å²) in [5.41, 5.74) is 8.08. The van der Waals surface area contributed by atoms with Gasteiger partial charge in [0, 0.05) is 38.2 Å². The highest BCUT2D eigenvalue weighted by Crippen LogP contribution is 2.38. The maximum absolute atomic E-state index is 13.2. The first-order valence-corrected chi connectivity index (χ1v) is 11.7. The second-order valence-electron chi connectivity index (χ2n) is 8.64. The fraction of sp³-hybridized carbons (Fsp3) is 0.423. The zero-order chi connectivity index (χ0) is 22.5. The lowest BCUT2D eigenvalue weighted by Crippen LogP contribution is -2.52. The van der Waals surface area contributed by atoms with E-state index in [4.69, 9.17) is 22.1 Å². The van der Waals surface area contributed by atoms with Crippen LogP contribution in [0.15, 0.2) is 42.5 Å². The third kappa shape index (κ3) is 5.20. The number of fused-ring (bicyclic) bond motifs is 2. The second kappa shape index (κ2) is 10.3. The van der Waals surface area contributed by atoms with Crippen LogP contribution in [0.2, 0.25) is 5.02 Å². The van der Waals surface area contributed by atoms with Gasteiger partial charge in [-0.3, -0.25) is 9.69 Å². The van der Waals surface area contributed by atoms with Crippen LogP contribution < -0.4 is 15.8 Å². The van der Waals surface area contributed by atoms with Crippen molar-refractivity contribution in [3.63, 3.8) is 0 Å². The van der Waals surface area contributed by atoms with Gasteiger partial charge >= 0.3 is 0 Å². The fourth-order valence-corrected chi connectivity index (χ4v) is 5.07. The number of carbonyl (C=O) groups excluding carboxylic acids is 1. The van der Waals surface area contributed by atoms with Gasteiger partial charge in [-0.25, -0.2) is 0 Å². The number of rotatable bonds is 6. The van der Waals surface area contributed by atoms with E-state index in [1.54, 1.807) is 12.1 Å². The minimum absolute atomic E-state index is 0.163. The molecule has 6 heteroatoms. The van der Waals surface area contributed by atoms with E-state index in [2.05, 4.69) is 46.3 Å². The molecular weight excluding hydrogens is 422 g/mol. The molecule has 4 rings (SSSR count). The van der Waals surface area contributed by atoms with Crippen molar-refractivity contribution in [3.8, 4) is 17.6 Å². The number of likely N-dealkylation sites (tertiary alicyclic amines) is 1. The Labute approximate surface area is 195 Å². The zero-order valence-electron chi connectivity index (χ0n) is 18.4. The molecule has 2 aromatic carbocycles. The number of amides is 1. The number of anilines is 1. The number of carbonyl (C=O) groups is 1. The van der Waals surface area contributed by atoms with E-state index in [9.17, 15) is 4.79 Å². The monoisotopic (exact) mass is 451 g/mol. The molecule has 1 amide bonds. The minimum atomic E-state index is -0.163. The molecule has 5 nitrogen and oxygen atoms in total. The van der Waals surface area contributed by atoms with Crippen molar-refractivity contribution in [2.24, 2.45) is 11.8 Å². The Kier molecular flexibility index (Phi) is 7.24. The summed E-state index contributed by atoms with van der Waals surface area (Å²) in [5, 5.41) is 3.64. The van der Waals surface area contributed by atoms with Gasteiger partial charge in [0.15, 0.2) is 0 Å². The SMILES string of the molecule is CCC#CCOc1cc(N)c(Cl)cc1C(=O)NC1C2CCC1CN(Cc1ccccc1)C2. The molecule has 2 aromatic rings. The van der Waals surface area contributed by atoms with E-state index >= 15 is 0 Å². The molecule has 168 valence electrons. The molecule has 1 aliphatic carbocycles. The van der Waals surface area contributed by atoms with Crippen molar-refractivity contribution in [2.75, 3.05) is 25.4 Å². The average molecular weight is 452 g/mol. The van der Waals surface area contributed by atoms with Crippen LogP contribution in [-0.4, -0.2) is 36.5 Å². The molecule has 0 aromatic heterocycles. The highest BCUT2D eigenvalue weighted by molar-refractivity contribution is 6.33. The first-order valence-electron chi connectivity index (χ1n) is 11.3. The van der Waals surface area contributed by atoms with Crippen LogP contribution >= 0.6 is 11.6 Å². The number of piperidine rings is 1. The number of halogens is 1. The van der Waals surface area contributed by atoms with Gasteiger partial charge in [-0.1, -0.05) is 54.8 Å². The molecule has 2 fully saturated rings. The van der Waals surface area contributed by atoms with E-state index in [0.29, 0.717) is 33.9 Å². The van der Waals surface area contributed by atoms with Crippen molar-refractivity contribution < 1.29 is 9.53 Å². The number of hydrogen-bond acceptors (Lipinski definition) is 4. The number of nitrogen functional groups attached to an aromatic ring is 1. The summed E-state index contributed by atoms with van der Waals surface area (Å²) in [7, 11) is 0. The molecule has 2 atom stereocenters. The molecule has 2 aliphatic rings. The standard InChI is InChI=1S/C26H30ClN3O2/c1-2-3-7-12-32-24-14-23(28)22(27)13-21(24)26(31)29-25-19-10-11-20(25)17-30(16-19)15-18-8-5-4-6-9-18/h4-6,8-9,13-14,19-20,25H,2,10-12,15-17,28H2,1H3,(H,29,31). The smallest absolute Gasteiger partial charge is 0.255 e. The molecular formula is C26H30ClN3O2. The van der Waals surface area contributed by atoms with Crippen LogP contribution in [0.5, 0.6) is 5.75 Å². The van der Waals surface area contributed by atoms with E-state index in [1.807, 2.05) is 13.0 Å². The number of nitrogens with two attached hydrogens (primary N) is 1. The lowest BCUT2D eigenvalue weighted by atomic mass is 9.91. The summed E-state index contributed by atoms with van der Waals surface area (Å²) < 4.78 is 5.76. The lowest BCUT2D eigenvalue weighted by Gasteiger charge is -2.38. The van der Waals surface area contributed by atoms with Crippen molar-refractivity contribution >= 4 is 23.2 Å². The van der Waals surface area contributed by atoms with Crippen LogP contribution in [0.3, 0.4) is 0 Å². The van der Waals surface area contributed by atoms with Gasteiger partial charge < -0.3 is 15.8 Å². The van der Waals surface area contributed by atoms with Crippen molar-refractivity contribution in [1.29, 1.82) is 0 Å². The molecule has 0 spiro atoms.